The highest BCUT2D eigenvalue weighted by Gasteiger charge is 2.20. The maximum Gasteiger partial charge on any atom is 0.388 e. The Kier molecular flexibility index (Phi) is 6.58. The summed E-state index contributed by atoms with van der Waals surface area (Å²) >= 11 is 0. The first-order valence-corrected chi connectivity index (χ1v) is 11.7. The first-order chi connectivity index (χ1) is 17.8. The summed E-state index contributed by atoms with van der Waals surface area (Å²) < 4.78 is 37.7. The molecule has 9 nitrogen and oxygen atoms in total. The average Bonchev–Trinajstić information content (AvgIpc) is 3.29. The van der Waals surface area contributed by atoms with E-state index in [4.69, 9.17) is 4.74 Å². The summed E-state index contributed by atoms with van der Waals surface area (Å²) in [5.41, 5.74) is 3.65. The van der Waals surface area contributed by atoms with Gasteiger partial charge in [0.2, 0.25) is 5.88 Å². The predicted octanol–water partition coefficient (Wildman–Crippen LogP) is 4.71. The van der Waals surface area contributed by atoms with Gasteiger partial charge in [-0.3, -0.25) is 0 Å². The van der Waals surface area contributed by atoms with Crippen molar-refractivity contribution in [1.82, 2.24) is 24.9 Å². The van der Waals surface area contributed by atoms with Gasteiger partial charge in [0.25, 0.3) is 0 Å². The Balaban J connectivity index is 1.45. The Labute approximate surface area is 212 Å². The molecule has 4 aromatic rings. The molecule has 190 valence electrons. The van der Waals surface area contributed by atoms with Gasteiger partial charge in [0.15, 0.2) is 5.82 Å². The van der Waals surface area contributed by atoms with Crippen molar-refractivity contribution in [1.29, 1.82) is 5.26 Å². The second-order valence-electron chi connectivity index (χ2n) is 9.39. The lowest BCUT2D eigenvalue weighted by atomic mass is 9.97. The second-order valence-corrected chi connectivity index (χ2v) is 9.39. The zero-order valence-electron chi connectivity index (χ0n) is 20.3. The van der Waals surface area contributed by atoms with E-state index in [9.17, 15) is 14.0 Å². The number of aromatic nitrogens is 4. The molecule has 0 atom stereocenters. The van der Waals surface area contributed by atoms with Gasteiger partial charge in [0.1, 0.15) is 18.2 Å². The van der Waals surface area contributed by atoms with Crippen LogP contribution in [0.1, 0.15) is 25.0 Å². The largest absolute Gasteiger partial charge is 0.490 e. The molecule has 0 spiro atoms. The molecule has 0 aliphatic carbocycles. The number of alkyl halides is 2. The first kappa shape index (κ1) is 24.4. The maximum absolute atomic E-state index is 12.8. The van der Waals surface area contributed by atoms with Gasteiger partial charge in [-0.05, 0) is 61.7 Å². The van der Waals surface area contributed by atoms with Crippen LogP contribution in [0.5, 0.6) is 11.6 Å². The number of rotatable bonds is 8. The van der Waals surface area contributed by atoms with Crippen LogP contribution in [0, 0.1) is 16.7 Å². The summed E-state index contributed by atoms with van der Waals surface area (Å²) in [7, 11) is 0. The fraction of sp³-hybridized carbons (Fsp3) is 0.308. The number of hydrogen-bond donors (Lipinski definition) is 2. The summed E-state index contributed by atoms with van der Waals surface area (Å²) in [4.78, 5) is 8.43. The molecule has 0 saturated heterocycles. The lowest BCUT2D eigenvalue weighted by Crippen LogP contribution is -2.23. The van der Waals surface area contributed by atoms with E-state index in [0.29, 0.717) is 28.5 Å². The van der Waals surface area contributed by atoms with Crippen LogP contribution in [-0.4, -0.2) is 39.3 Å². The van der Waals surface area contributed by atoms with E-state index >= 15 is 0 Å². The van der Waals surface area contributed by atoms with E-state index in [0.717, 1.165) is 25.0 Å². The highest BCUT2D eigenvalue weighted by molar-refractivity contribution is 5.75. The van der Waals surface area contributed by atoms with E-state index in [1.165, 1.54) is 23.4 Å². The third-order valence-electron chi connectivity index (χ3n) is 5.94. The second kappa shape index (κ2) is 9.99. The molecule has 4 aromatic heterocycles. The molecule has 11 heteroatoms. The van der Waals surface area contributed by atoms with Crippen molar-refractivity contribution < 1.29 is 18.3 Å². The van der Waals surface area contributed by atoms with Crippen LogP contribution in [0.15, 0.2) is 48.9 Å². The third kappa shape index (κ3) is 5.59. The SMILES string of the molecule is CC(C)(C#N)COc1cnc(OC(F)F)cc1-c1ccn2nc(Nc3cc4c(cn3)CCNC4)cc2c1. The predicted molar refractivity (Wildman–Crippen MR) is 133 cm³/mol. The molecule has 0 saturated carbocycles. The van der Waals surface area contributed by atoms with E-state index in [1.54, 1.807) is 30.6 Å². The van der Waals surface area contributed by atoms with Crippen LogP contribution in [0.2, 0.25) is 0 Å². The molecule has 0 amide bonds. The van der Waals surface area contributed by atoms with Crippen LogP contribution < -0.4 is 20.1 Å². The molecule has 37 heavy (non-hydrogen) atoms. The van der Waals surface area contributed by atoms with E-state index < -0.39 is 12.0 Å². The minimum Gasteiger partial charge on any atom is -0.490 e. The van der Waals surface area contributed by atoms with Gasteiger partial charge in [-0.15, -0.1) is 0 Å². The fourth-order valence-corrected chi connectivity index (χ4v) is 3.99. The van der Waals surface area contributed by atoms with Crippen molar-refractivity contribution in [2.24, 2.45) is 5.41 Å². The Morgan fingerprint density at radius 2 is 2.03 bits per heavy atom. The van der Waals surface area contributed by atoms with E-state index in [1.807, 2.05) is 24.4 Å². The molecule has 0 radical (unpaired) electrons. The molecule has 2 N–H and O–H groups in total. The molecule has 5 rings (SSSR count). The normalized spacial score (nSPS) is 13.3. The maximum atomic E-state index is 12.8. The fourth-order valence-electron chi connectivity index (χ4n) is 3.99. The summed E-state index contributed by atoms with van der Waals surface area (Å²) in [6, 6.07) is 11.1. The number of halogens is 2. The third-order valence-corrected chi connectivity index (χ3v) is 5.94. The van der Waals surface area contributed by atoms with Gasteiger partial charge in [-0.2, -0.15) is 19.1 Å². The average molecular weight is 506 g/mol. The van der Waals surface area contributed by atoms with Gasteiger partial charge in [0, 0.05) is 36.6 Å². The summed E-state index contributed by atoms with van der Waals surface area (Å²) in [6.45, 7) is 2.33. The highest BCUT2D eigenvalue weighted by atomic mass is 19.3. The molecule has 0 unspecified atom stereocenters. The van der Waals surface area contributed by atoms with Crippen LogP contribution in [0.4, 0.5) is 20.4 Å². The number of hydrogen-bond acceptors (Lipinski definition) is 8. The van der Waals surface area contributed by atoms with Gasteiger partial charge in [-0.25, -0.2) is 14.5 Å². The first-order valence-electron chi connectivity index (χ1n) is 11.7. The van der Waals surface area contributed by atoms with Gasteiger partial charge in [-0.1, -0.05) is 0 Å². The van der Waals surface area contributed by atoms with Crippen molar-refractivity contribution in [3.8, 4) is 28.8 Å². The molecular formula is C26H25F2N7O2. The lowest BCUT2D eigenvalue weighted by molar-refractivity contribution is -0.0528. The molecular weight excluding hydrogens is 480 g/mol. The minimum atomic E-state index is -3.01. The molecule has 0 bridgehead atoms. The van der Waals surface area contributed by atoms with Gasteiger partial charge >= 0.3 is 6.61 Å². The smallest absolute Gasteiger partial charge is 0.388 e. The van der Waals surface area contributed by atoms with Crippen molar-refractivity contribution >= 4 is 17.2 Å². The lowest BCUT2D eigenvalue weighted by Gasteiger charge is -2.18. The Bertz CT molecular complexity index is 1480. The number of anilines is 2. The van der Waals surface area contributed by atoms with Crippen LogP contribution in [-0.2, 0) is 13.0 Å². The Morgan fingerprint density at radius 1 is 1.16 bits per heavy atom. The number of ether oxygens (including phenoxy) is 2. The zero-order chi connectivity index (χ0) is 26.0. The number of pyridine rings is 3. The molecule has 1 aliphatic rings. The quantitative estimate of drug-likeness (QED) is 0.354. The molecule has 0 fully saturated rings. The van der Waals surface area contributed by atoms with E-state index in [-0.39, 0.29) is 12.5 Å². The topological polar surface area (TPSA) is 109 Å². The van der Waals surface area contributed by atoms with Crippen LogP contribution in [0.25, 0.3) is 16.6 Å². The number of nitriles is 1. The van der Waals surface area contributed by atoms with Crippen molar-refractivity contribution in [2.45, 2.75) is 33.4 Å². The zero-order valence-corrected chi connectivity index (χ0v) is 20.3. The Hall–Kier alpha value is -4.30. The van der Waals surface area contributed by atoms with Crippen molar-refractivity contribution in [3.63, 3.8) is 0 Å². The van der Waals surface area contributed by atoms with Gasteiger partial charge < -0.3 is 20.1 Å². The van der Waals surface area contributed by atoms with E-state index in [2.05, 4.69) is 36.5 Å². The van der Waals surface area contributed by atoms with Gasteiger partial charge in [0.05, 0.1) is 23.2 Å². The Morgan fingerprint density at radius 3 is 2.84 bits per heavy atom. The van der Waals surface area contributed by atoms with Crippen molar-refractivity contribution in [3.05, 3.63) is 60.0 Å². The molecule has 1 aliphatic heterocycles. The van der Waals surface area contributed by atoms with Crippen molar-refractivity contribution in [2.75, 3.05) is 18.5 Å². The molecule has 5 heterocycles. The minimum absolute atomic E-state index is 0.0968. The summed E-state index contributed by atoms with van der Waals surface area (Å²) in [5.74, 6) is 1.42. The number of nitrogens with one attached hydrogen (secondary N) is 2. The monoisotopic (exact) mass is 505 g/mol. The standard InChI is InChI=1S/C26H25F2N7O2/c1-26(2,14-29)15-36-21-13-32-24(37-25(27)28)10-20(21)16-4-6-35-19(7-16)9-23(34-35)33-22-8-18-11-30-5-3-17(18)12-31-22/h4,6-10,12-13,25,30H,3,5,11,15H2,1-2H3,(H,31,33,34). The summed E-state index contributed by atoms with van der Waals surface area (Å²) in [6.07, 6.45) is 5.93. The number of fused-ring (bicyclic) bond motifs is 2. The van der Waals surface area contributed by atoms with Crippen LogP contribution >= 0.6 is 0 Å². The molecule has 0 aromatic carbocycles. The number of nitrogens with zero attached hydrogens (tertiary/aromatic N) is 5. The van der Waals surface area contributed by atoms with Crippen LogP contribution in [0.3, 0.4) is 0 Å². The highest BCUT2D eigenvalue weighted by Crippen LogP contribution is 2.34. The summed E-state index contributed by atoms with van der Waals surface area (Å²) in [5, 5.41) is 20.5.